The molecule has 5 aromatic rings. The number of rotatable bonds is 10. The smallest absolute Gasteiger partial charge is 0.330 e. The summed E-state index contributed by atoms with van der Waals surface area (Å²) in [6.07, 6.45) is 2.93. The number of methoxy groups -OCH3 is 1. The maximum atomic E-state index is 13.3. The first-order valence-corrected chi connectivity index (χ1v) is 12.8. The van der Waals surface area contributed by atoms with E-state index in [0.29, 0.717) is 28.1 Å². The molecule has 2 amide bonds. The number of aromatic nitrogens is 4. The van der Waals surface area contributed by atoms with E-state index >= 15 is 0 Å². The summed E-state index contributed by atoms with van der Waals surface area (Å²) in [6.45, 7) is -0.795. The van der Waals surface area contributed by atoms with E-state index in [-0.39, 0.29) is 28.1 Å². The Bertz CT molecular complexity index is 1850. The van der Waals surface area contributed by atoms with Gasteiger partial charge in [0.15, 0.2) is 0 Å². The molecule has 0 atom stereocenters. The third kappa shape index (κ3) is 5.71. The average Bonchev–Trinajstić information content (AvgIpc) is 3.62. The van der Waals surface area contributed by atoms with Crippen molar-refractivity contribution in [1.29, 1.82) is 0 Å². The lowest BCUT2D eigenvalue weighted by Crippen LogP contribution is -2.33. The van der Waals surface area contributed by atoms with E-state index in [0.717, 1.165) is 5.56 Å². The molecule has 0 saturated heterocycles. The molecule has 0 aliphatic rings. The molecule has 0 radical (unpaired) electrons. The van der Waals surface area contributed by atoms with E-state index in [2.05, 4.69) is 25.6 Å². The molecule has 0 aliphatic carbocycles. The summed E-state index contributed by atoms with van der Waals surface area (Å²) in [5.41, 5.74) is 2.50. The second kappa shape index (κ2) is 12.0. The molecule has 0 spiro atoms. The first-order valence-electron chi connectivity index (χ1n) is 12.5. The summed E-state index contributed by atoms with van der Waals surface area (Å²) in [7, 11) is 1.41. The van der Waals surface area contributed by atoms with Crippen LogP contribution < -0.4 is 20.1 Å². The van der Waals surface area contributed by atoms with Gasteiger partial charge in [0.25, 0.3) is 11.8 Å². The van der Waals surface area contributed by atoms with Gasteiger partial charge in [-0.1, -0.05) is 29.8 Å². The average molecular weight is 591 g/mol. The molecule has 4 N–H and O–H groups in total. The number of hydrogen-bond acceptors (Lipinski definition) is 8. The van der Waals surface area contributed by atoms with Gasteiger partial charge in [-0.2, -0.15) is 0 Å². The van der Waals surface area contributed by atoms with Crippen LogP contribution in [0.5, 0.6) is 11.5 Å². The minimum Gasteiger partial charge on any atom is -0.496 e. The molecule has 42 heavy (non-hydrogen) atoms. The fraction of sp³-hybridized carbons (Fsp3) is 0.143. The number of carbonyl (C=O) groups excluding carboxylic acids is 3. The molecule has 14 heteroatoms. The van der Waals surface area contributed by atoms with Crippen LogP contribution in [0.3, 0.4) is 0 Å². The predicted molar refractivity (Wildman–Crippen MR) is 151 cm³/mol. The number of aliphatic carboxylic acids is 1. The van der Waals surface area contributed by atoms with Crippen LogP contribution in [-0.4, -0.2) is 68.6 Å². The third-order valence-electron chi connectivity index (χ3n) is 6.30. The fourth-order valence-corrected chi connectivity index (χ4v) is 4.57. The number of fused-ring (bicyclic) bond motifs is 2. The number of carbonyl (C=O) groups is 4. The minimum absolute atomic E-state index is 0.118. The van der Waals surface area contributed by atoms with Crippen LogP contribution in [0.4, 0.5) is 0 Å². The predicted octanol–water partition coefficient (Wildman–Crippen LogP) is 2.77. The van der Waals surface area contributed by atoms with Crippen molar-refractivity contribution < 1.29 is 33.8 Å². The van der Waals surface area contributed by atoms with Gasteiger partial charge in [-0.3, -0.25) is 14.4 Å². The quantitative estimate of drug-likeness (QED) is 0.141. The number of esters is 1. The van der Waals surface area contributed by atoms with Crippen LogP contribution in [0, 0.1) is 0 Å². The van der Waals surface area contributed by atoms with Gasteiger partial charge < -0.3 is 34.8 Å². The van der Waals surface area contributed by atoms with Gasteiger partial charge in [0.05, 0.1) is 37.3 Å². The molecular weight excluding hydrogens is 568 g/mol. The number of hydrogen-bond donors (Lipinski definition) is 4. The normalized spacial score (nSPS) is 10.9. The number of benzene rings is 3. The molecule has 0 unspecified atom stereocenters. The number of nitrogens with zero attached hydrogens (tertiary/aromatic N) is 3. The third-order valence-corrected chi connectivity index (χ3v) is 6.67. The van der Waals surface area contributed by atoms with E-state index in [1.807, 2.05) is 22.8 Å². The highest BCUT2D eigenvalue weighted by Crippen LogP contribution is 2.29. The van der Waals surface area contributed by atoms with Crippen molar-refractivity contribution >= 4 is 57.4 Å². The van der Waals surface area contributed by atoms with Crippen molar-refractivity contribution in [3.05, 3.63) is 82.9 Å². The maximum Gasteiger partial charge on any atom is 0.330 e. The number of nitrogens with one attached hydrogen (secondary N) is 3. The van der Waals surface area contributed by atoms with E-state index < -0.39 is 36.8 Å². The van der Waals surface area contributed by atoms with E-state index in [9.17, 15) is 19.2 Å². The number of aromatic amines is 1. The van der Waals surface area contributed by atoms with Gasteiger partial charge in [-0.15, -0.1) is 0 Å². The lowest BCUT2D eigenvalue weighted by molar-refractivity contribution is -0.136. The summed E-state index contributed by atoms with van der Waals surface area (Å²) in [5, 5.41) is 14.3. The molecule has 3 aromatic carbocycles. The number of ether oxygens (including phenoxy) is 2. The number of carboxylic acids is 1. The highest BCUT2D eigenvalue weighted by molar-refractivity contribution is 6.31. The number of amides is 2. The molecule has 13 nitrogen and oxygen atoms in total. The highest BCUT2D eigenvalue weighted by atomic mass is 35.5. The highest BCUT2D eigenvalue weighted by Gasteiger charge is 2.23. The van der Waals surface area contributed by atoms with Crippen LogP contribution in [0.2, 0.25) is 5.02 Å². The minimum atomic E-state index is -1.25. The molecule has 0 saturated carbocycles. The lowest BCUT2D eigenvalue weighted by Gasteiger charge is -2.13. The molecule has 2 aromatic heterocycles. The standard InChI is InChI=1S/C28H23ClN6O7/c1-41-19-9-7-18-26(34-14-35(18)12-15-4-2-3-5-16(15)29)23(19)27(39)31-11-22(38)42-20-8-6-17-25(33-13-32-17)24(20)28(40)30-10-21(36)37/h2-9,13-14H,10-12H2,1H3,(H,30,40)(H,31,39)(H,32,33)(H,36,37). The largest absolute Gasteiger partial charge is 0.496 e. The Morgan fingerprint density at radius 3 is 2.38 bits per heavy atom. The molecule has 5 rings (SSSR count). The Morgan fingerprint density at radius 2 is 1.64 bits per heavy atom. The van der Waals surface area contributed by atoms with Gasteiger partial charge in [-0.25, -0.2) is 14.8 Å². The van der Waals surface area contributed by atoms with Crippen LogP contribution in [0.25, 0.3) is 22.1 Å². The molecule has 0 fully saturated rings. The molecular formula is C28H23ClN6O7. The van der Waals surface area contributed by atoms with Crippen molar-refractivity contribution in [3.63, 3.8) is 0 Å². The van der Waals surface area contributed by atoms with Crippen molar-refractivity contribution in [1.82, 2.24) is 30.2 Å². The van der Waals surface area contributed by atoms with Crippen LogP contribution in [-0.2, 0) is 16.1 Å². The first-order chi connectivity index (χ1) is 20.3. The number of imidazole rings is 2. The van der Waals surface area contributed by atoms with Crippen molar-refractivity contribution in [3.8, 4) is 11.5 Å². The Morgan fingerprint density at radius 1 is 0.929 bits per heavy atom. The van der Waals surface area contributed by atoms with Crippen LogP contribution in [0.1, 0.15) is 26.3 Å². The Hall–Kier alpha value is -5.43. The number of carboxylic acid groups (broad SMARTS) is 1. The Labute approximate surface area is 242 Å². The van der Waals surface area contributed by atoms with Crippen LogP contribution >= 0.6 is 11.6 Å². The first kappa shape index (κ1) is 28.1. The second-order valence-corrected chi connectivity index (χ2v) is 9.35. The summed E-state index contributed by atoms with van der Waals surface area (Å²) in [6, 6.07) is 13.7. The van der Waals surface area contributed by atoms with Crippen molar-refractivity contribution in [2.24, 2.45) is 0 Å². The van der Waals surface area contributed by atoms with Crippen molar-refractivity contribution in [2.45, 2.75) is 6.54 Å². The van der Waals surface area contributed by atoms with E-state index in [1.165, 1.54) is 19.5 Å². The fourth-order valence-electron chi connectivity index (χ4n) is 4.38. The lowest BCUT2D eigenvalue weighted by atomic mass is 10.1. The monoisotopic (exact) mass is 590 g/mol. The van der Waals surface area contributed by atoms with E-state index in [4.69, 9.17) is 26.2 Å². The second-order valence-electron chi connectivity index (χ2n) is 8.95. The topological polar surface area (TPSA) is 178 Å². The summed E-state index contributed by atoms with van der Waals surface area (Å²) in [5.74, 6) is -3.49. The SMILES string of the molecule is COc1ccc2c(ncn2Cc2ccccc2Cl)c1C(=O)NCC(=O)Oc1ccc2[nH]cnc2c1C(=O)NCC(=O)O. The molecule has 0 aliphatic heterocycles. The van der Waals surface area contributed by atoms with E-state index in [1.54, 1.807) is 30.6 Å². The molecule has 214 valence electrons. The molecule has 2 heterocycles. The van der Waals surface area contributed by atoms with Gasteiger partial charge in [0.1, 0.15) is 46.7 Å². The summed E-state index contributed by atoms with van der Waals surface area (Å²) >= 11 is 6.32. The maximum absolute atomic E-state index is 13.3. The van der Waals surface area contributed by atoms with Gasteiger partial charge in [-0.05, 0) is 35.9 Å². The zero-order valence-corrected chi connectivity index (χ0v) is 22.8. The Kier molecular flexibility index (Phi) is 8.02. The molecule has 0 bridgehead atoms. The zero-order valence-electron chi connectivity index (χ0n) is 22.0. The summed E-state index contributed by atoms with van der Waals surface area (Å²) < 4.78 is 12.6. The number of H-pyrrole nitrogens is 1. The summed E-state index contributed by atoms with van der Waals surface area (Å²) in [4.78, 5) is 61.0. The Balaban J connectivity index is 1.34. The van der Waals surface area contributed by atoms with Gasteiger partial charge in [0.2, 0.25) is 0 Å². The van der Waals surface area contributed by atoms with Crippen LogP contribution in [0.15, 0.2) is 61.2 Å². The van der Waals surface area contributed by atoms with Gasteiger partial charge in [0, 0.05) is 5.02 Å². The zero-order chi connectivity index (χ0) is 29.8. The van der Waals surface area contributed by atoms with Gasteiger partial charge >= 0.3 is 11.9 Å². The van der Waals surface area contributed by atoms with Crippen molar-refractivity contribution in [2.75, 3.05) is 20.2 Å². The number of halogens is 1.